The smallest absolute Gasteiger partial charge is 0.0705 e. The topological polar surface area (TPSA) is 48.1 Å². The van der Waals surface area contributed by atoms with Gasteiger partial charge in [0.1, 0.15) is 0 Å². The van der Waals surface area contributed by atoms with Crippen LogP contribution in [-0.4, -0.2) is 18.7 Å². The molecule has 2 N–H and O–H groups in total. The summed E-state index contributed by atoms with van der Waals surface area (Å²) in [5.41, 5.74) is 7.99. The third kappa shape index (κ3) is 2.30. The lowest BCUT2D eigenvalue weighted by Gasteiger charge is -2.28. The van der Waals surface area contributed by atoms with Gasteiger partial charge in [-0.2, -0.15) is 0 Å². The number of aromatic nitrogens is 1. The van der Waals surface area contributed by atoms with Crippen molar-refractivity contribution in [3.63, 3.8) is 0 Å². The van der Waals surface area contributed by atoms with Crippen LogP contribution in [-0.2, 0) is 10.3 Å². The Kier molecular flexibility index (Phi) is 3.41. The van der Waals surface area contributed by atoms with Gasteiger partial charge >= 0.3 is 0 Å². The number of hydrogen-bond acceptors (Lipinski definition) is 3. The highest BCUT2D eigenvalue weighted by Gasteiger charge is 2.25. The molecule has 0 spiro atoms. The first kappa shape index (κ1) is 12.0. The van der Waals surface area contributed by atoms with Crippen LogP contribution in [0, 0.1) is 0 Å². The maximum absolute atomic E-state index is 6.37. The highest BCUT2D eigenvalue weighted by Crippen LogP contribution is 2.25. The third-order valence-electron chi connectivity index (χ3n) is 3.21. The summed E-state index contributed by atoms with van der Waals surface area (Å²) in [4.78, 5) is 4.35. The van der Waals surface area contributed by atoms with Crippen LogP contribution in [0.3, 0.4) is 0 Å². The summed E-state index contributed by atoms with van der Waals surface area (Å²) in [7, 11) is 1.68. The van der Waals surface area contributed by atoms with E-state index in [-0.39, 0.29) is 0 Å². The standard InChI is InChI=1S/C14H18N2O/c1-3-14(15,10-17-2)12-7-6-11-5-4-8-16-13(11)9-12/h4-9H,3,10,15H2,1-2H3. The van der Waals surface area contributed by atoms with Gasteiger partial charge in [0.15, 0.2) is 0 Å². The van der Waals surface area contributed by atoms with E-state index in [2.05, 4.69) is 30.1 Å². The molecule has 0 amide bonds. The highest BCUT2D eigenvalue weighted by molar-refractivity contribution is 5.79. The first-order valence-electron chi connectivity index (χ1n) is 5.82. The van der Waals surface area contributed by atoms with Gasteiger partial charge in [0.2, 0.25) is 0 Å². The Hall–Kier alpha value is -1.45. The van der Waals surface area contributed by atoms with E-state index in [4.69, 9.17) is 10.5 Å². The molecule has 0 aliphatic carbocycles. The number of nitrogens with zero attached hydrogens (tertiary/aromatic N) is 1. The zero-order valence-electron chi connectivity index (χ0n) is 10.3. The second-order valence-corrected chi connectivity index (χ2v) is 4.35. The van der Waals surface area contributed by atoms with Gasteiger partial charge in [-0.15, -0.1) is 0 Å². The SMILES string of the molecule is CCC(N)(COC)c1ccc2cccnc2c1. The second-order valence-electron chi connectivity index (χ2n) is 4.35. The van der Waals surface area contributed by atoms with Crippen molar-refractivity contribution in [1.82, 2.24) is 4.98 Å². The van der Waals surface area contributed by atoms with Gasteiger partial charge in [-0.3, -0.25) is 4.98 Å². The first-order chi connectivity index (χ1) is 8.19. The minimum Gasteiger partial charge on any atom is -0.382 e. The van der Waals surface area contributed by atoms with Crippen LogP contribution in [0.2, 0.25) is 0 Å². The van der Waals surface area contributed by atoms with Gasteiger partial charge in [0.25, 0.3) is 0 Å². The number of ether oxygens (including phenoxy) is 1. The fourth-order valence-electron chi connectivity index (χ4n) is 2.02. The number of methoxy groups -OCH3 is 1. The van der Waals surface area contributed by atoms with Crippen molar-refractivity contribution in [1.29, 1.82) is 0 Å². The molecule has 17 heavy (non-hydrogen) atoms. The monoisotopic (exact) mass is 230 g/mol. The van der Waals surface area contributed by atoms with E-state index in [1.54, 1.807) is 13.3 Å². The molecule has 1 aromatic heterocycles. The van der Waals surface area contributed by atoms with E-state index in [9.17, 15) is 0 Å². The van der Waals surface area contributed by atoms with E-state index < -0.39 is 5.54 Å². The van der Waals surface area contributed by atoms with Crippen LogP contribution in [0.5, 0.6) is 0 Å². The maximum Gasteiger partial charge on any atom is 0.0705 e. The van der Waals surface area contributed by atoms with Crippen molar-refractivity contribution in [3.8, 4) is 0 Å². The molecule has 3 heteroatoms. The summed E-state index contributed by atoms with van der Waals surface area (Å²) in [6, 6.07) is 10.2. The molecular formula is C14H18N2O. The Bertz CT molecular complexity index is 512. The zero-order chi connectivity index (χ0) is 12.3. The quantitative estimate of drug-likeness (QED) is 0.877. The number of fused-ring (bicyclic) bond motifs is 1. The van der Waals surface area contributed by atoms with Crippen molar-refractivity contribution >= 4 is 10.9 Å². The molecule has 2 aromatic rings. The molecule has 2 rings (SSSR count). The van der Waals surface area contributed by atoms with Crippen LogP contribution in [0.25, 0.3) is 10.9 Å². The van der Waals surface area contributed by atoms with Crippen molar-refractivity contribution in [3.05, 3.63) is 42.1 Å². The Morgan fingerprint density at radius 1 is 1.35 bits per heavy atom. The lowest BCUT2D eigenvalue weighted by atomic mass is 9.88. The molecule has 1 heterocycles. The van der Waals surface area contributed by atoms with Crippen LogP contribution < -0.4 is 5.73 Å². The fourth-order valence-corrected chi connectivity index (χ4v) is 2.02. The minimum atomic E-state index is -0.430. The molecule has 0 aliphatic heterocycles. The molecule has 0 aliphatic rings. The Morgan fingerprint density at radius 3 is 2.88 bits per heavy atom. The van der Waals surface area contributed by atoms with E-state index in [0.717, 1.165) is 22.9 Å². The van der Waals surface area contributed by atoms with Crippen molar-refractivity contribution in [2.24, 2.45) is 5.73 Å². The molecule has 0 fully saturated rings. The van der Waals surface area contributed by atoms with E-state index in [0.29, 0.717) is 6.61 Å². The third-order valence-corrected chi connectivity index (χ3v) is 3.21. The number of nitrogens with two attached hydrogens (primary N) is 1. The van der Waals surface area contributed by atoms with Crippen molar-refractivity contribution in [2.75, 3.05) is 13.7 Å². The lowest BCUT2D eigenvalue weighted by molar-refractivity contribution is 0.129. The molecule has 0 radical (unpaired) electrons. The van der Waals surface area contributed by atoms with Crippen LogP contribution in [0.4, 0.5) is 0 Å². The van der Waals surface area contributed by atoms with Crippen LogP contribution >= 0.6 is 0 Å². The summed E-state index contributed by atoms with van der Waals surface area (Å²) in [5, 5.41) is 1.13. The molecule has 90 valence electrons. The predicted molar refractivity (Wildman–Crippen MR) is 69.8 cm³/mol. The summed E-state index contributed by atoms with van der Waals surface area (Å²) < 4.78 is 5.22. The summed E-state index contributed by atoms with van der Waals surface area (Å²) in [5.74, 6) is 0. The normalized spacial score (nSPS) is 14.8. The average Bonchev–Trinajstić information content (AvgIpc) is 2.38. The highest BCUT2D eigenvalue weighted by atomic mass is 16.5. The number of hydrogen-bond donors (Lipinski definition) is 1. The van der Waals surface area contributed by atoms with Crippen molar-refractivity contribution < 1.29 is 4.74 Å². The van der Waals surface area contributed by atoms with E-state index in [1.165, 1.54) is 0 Å². The number of benzene rings is 1. The summed E-state index contributed by atoms with van der Waals surface area (Å²) >= 11 is 0. The Morgan fingerprint density at radius 2 is 2.18 bits per heavy atom. The van der Waals surface area contributed by atoms with E-state index >= 15 is 0 Å². The Balaban J connectivity index is 2.47. The molecule has 1 aromatic carbocycles. The van der Waals surface area contributed by atoms with Crippen molar-refractivity contribution in [2.45, 2.75) is 18.9 Å². The molecule has 1 atom stereocenters. The fraction of sp³-hybridized carbons (Fsp3) is 0.357. The molecule has 1 unspecified atom stereocenters. The largest absolute Gasteiger partial charge is 0.382 e. The summed E-state index contributed by atoms with van der Waals surface area (Å²) in [6.45, 7) is 2.59. The molecule has 3 nitrogen and oxygen atoms in total. The minimum absolute atomic E-state index is 0.430. The molecule has 0 saturated carbocycles. The van der Waals surface area contributed by atoms with Gasteiger partial charge in [0.05, 0.1) is 17.7 Å². The number of rotatable bonds is 4. The molecule has 0 saturated heterocycles. The lowest BCUT2D eigenvalue weighted by Crippen LogP contribution is -2.40. The van der Waals surface area contributed by atoms with Gasteiger partial charge in [0, 0.05) is 18.7 Å². The van der Waals surface area contributed by atoms with Gasteiger partial charge in [-0.1, -0.05) is 25.1 Å². The van der Waals surface area contributed by atoms with Gasteiger partial charge < -0.3 is 10.5 Å². The summed E-state index contributed by atoms with van der Waals surface area (Å²) in [6.07, 6.45) is 2.63. The Labute approximate surface area is 102 Å². The average molecular weight is 230 g/mol. The molecular weight excluding hydrogens is 212 g/mol. The maximum atomic E-state index is 6.37. The van der Waals surface area contributed by atoms with Crippen LogP contribution in [0.1, 0.15) is 18.9 Å². The second kappa shape index (κ2) is 4.82. The van der Waals surface area contributed by atoms with Gasteiger partial charge in [-0.25, -0.2) is 0 Å². The van der Waals surface area contributed by atoms with Crippen LogP contribution in [0.15, 0.2) is 36.5 Å². The predicted octanol–water partition coefficient (Wildman–Crippen LogP) is 2.45. The molecule has 0 bridgehead atoms. The first-order valence-corrected chi connectivity index (χ1v) is 5.82. The van der Waals surface area contributed by atoms with Gasteiger partial charge in [-0.05, 0) is 24.1 Å². The number of pyridine rings is 1. The van der Waals surface area contributed by atoms with E-state index in [1.807, 2.05) is 12.1 Å². The zero-order valence-corrected chi connectivity index (χ0v) is 10.3.